The van der Waals surface area contributed by atoms with Crippen molar-refractivity contribution in [1.29, 1.82) is 0 Å². The monoisotopic (exact) mass is 324 g/mol. The highest BCUT2D eigenvalue weighted by atomic mass is 32.2. The first-order valence-corrected chi connectivity index (χ1v) is 7.63. The lowest BCUT2D eigenvalue weighted by Crippen LogP contribution is -2.41. The molecule has 116 valence electrons. The van der Waals surface area contributed by atoms with E-state index in [-0.39, 0.29) is 16.2 Å². The Morgan fingerprint density at radius 2 is 1.73 bits per heavy atom. The topological polar surface area (TPSA) is 84.5 Å². The van der Waals surface area contributed by atoms with E-state index in [1.807, 2.05) is 10.3 Å². The molecular weight excluding hydrogens is 311 g/mol. The van der Waals surface area contributed by atoms with Gasteiger partial charge in [-0.05, 0) is 24.3 Å². The van der Waals surface area contributed by atoms with Crippen LogP contribution in [0.3, 0.4) is 0 Å². The van der Waals surface area contributed by atoms with Crippen LogP contribution in [-0.4, -0.2) is 21.4 Å². The van der Waals surface area contributed by atoms with E-state index >= 15 is 0 Å². The largest absolute Gasteiger partial charge is 0.495 e. The molecule has 0 heterocycles. The first kappa shape index (κ1) is 15.9. The number of carbonyl (C=O) groups excluding carboxylic acids is 1. The van der Waals surface area contributed by atoms with Crippen molar-refractivity contribution in [3.8, 4) is 5.75 Å². The second-order valence-electron chi connectivity index (χ2n) is 4.19. The molecule has 0 aromatic heterocycles. The summed E-state index contributed by atoms with van der Waals surface area (Å²) in [6.45, 7) is 0. The van der Waals surface area contributed by atoms with Crippen LogP contribution in [-0.2, 0) is 10.0 Å². The SMILES string of the molecule is COc1ccccc1S(=O)(=O)NNC(=O)c1ccccc1F. The number of hydrogen-bond acceptors (Lipinski definition) is 4. The van der Waals surface area contributed by atoms with Crippen molar-refractivity contribution in [3.05, 3.63) is 59.9 Å². The van der Waals surface area contributed by atoms with Crippen molar-refractivity contribution >= 4 is 15.9 Å². The number of carbonyl (C=O) groups is 1. The second-order valence-corrected chi connectivity index (χ2v) is 5.84. The van der Waals surface area contributed by atoms with Crippen molar-refractivity contribution in [2.45, 2.75) is 4.90 Å². The molecule has 2 aromatic rings. The summed E-state index contributed by atoms with van der Waals surface area (Å²) in [5, 5.41) is 0. The summed E-state index contributed by atoms with van der Waals surface area (Å²) in [6, 6.07) is 11.1. The predicted octanol–water partition coefficient (Wildman–Crippen LogP) is 1.46. The zero-order valence-corrected chi connectivity index (χ0v) is 12.4. The molecule has 0 aliphatic heterocycles. The molecule has 0 unspecified atom stereocenters. The number of benzene rings is 2. The second kappa shape index (κ2) is 6.54. The quantitative estimate of drug-likeness (QED) is 0.816. The van der Waals surface area contributed by atoms with E-state index in [9.17, 15) is 17.6 Å². The highest BCUT2D eigenvalue weighted by Crippen LogP contribution is 2.22. The number of halogens is 1. The van der Waals surface area contributed by atoms with Crippen LogP contribution in [0, 0.1) is 5.82 Å². The van der Waals surface area contributed by atoms with E-state index in [0.717, 1.165) is 6.07 Å². The maximum Gasteiger partial charge on any atom is 0.269 e. The van der Waals surface area contributed by atoms with Gasteiger partial charge in [0.05, 0.1) is 12.7 Å². The summed E-state index contributed by atoms with van der Waals surface area (Å²) in [7, 11) is -2.72. The van der Waals surface area contributed by atoms with Crippen molar-refractivity contribution in [2.75, 3.05) is 7.11 Å². The highest BCUT2D eigenvalue weighted by molar-refractivity contribution is 7.89. The number of ether oxygens (including phenoxy) is 1. The first-order valence-electron chi connectivity index (χ1n) is 6.15. The van der Waals surface area contributed by atoms with E-state index < -0.39 is 21.7 Å². The molecule has 8 heteroatoms. The van der Waals surface area contributed by atoms with Gasteiger partial charge in [0.25, 0.3) is 15.9 Å². The molecule has 0 radical (unpaired) electrons. The molecule has 0 aliphatic carbocycles. The highest BCUT2D eigenvalue weighted by Gasteiger charge is 2.20. The Hall–Kier alpha value is -2.45. The fraction of sp³-hybridized carbons (Fsp3) is 0.0714. The van der Waals surface area contributed by atoms with E-state index in [4.69, 9.17) is 4.74 Å². The van der Waals surface area contributed by atoms with Crippen molar-refractivity contribution in [2.24, 2.45) is 0 Å². The molecule has 0 fully saturated rings. The number of hydrogen-bond donors (Lipinski definition) is 2. The molecule has 2 N–H and O–H groups in total. The summed E-state index contributed by atoms with van der Waals surface area (Å²) >= 11 is 0. The van der Waals surface area contributed by atoms with Gasteiger partial charge in [-0.2, -0.15) is 0 Å². The van der Waals surface area contributed by atoms with Crippen LogP contribution >= 0.6 is 0 Å². The van der Waals surface area contributed by atoms with Gasteiger partial charge in [0.1, 0.15) is 16.5 Å². The molecule has 0 spiro atoms. The van der Waals surface area contributed by atoms with Crippen LogP contribution in [0.15, 0.2) is 53.4 Å². The van der Waals surface area contributed by atoms with E-state index in [0.29, 0.717) is 0 Å². The van der Waals surface area contributed by atoms with Crippen molar-refractivity contribution in [1.82, 2.24) is 10.3 Å². The Bertz CT molecular complexity index is 793. The maximum atomic E-state index is 13.4. The Morgan fingerprint density at radius 1 is 1.09 bits per heavy atom. The fourth-order valence-electron chi connectivity index (χ4n) is 1.72. The van der Waals surface area contributed by atoms with Crippen LogP contribution < -0.4 is 15.0 Å². The summed E-state index contributed by atoms with van der Waals surface area (Å²) in [4.78, 5) is 13.5. The van der Waals surface area contributed by atoms with Crippen molar-refractivity contribution < 1.29 is 22.3 Å². The van der Waals surface area contributed by atoms with Gasteiger partial charge in [-0.1, -0.05) is 24.3 Å². The van der Waals surface area contributed by atoms with Crippen LogP contribution in [0.25, 0.3) is 0 Å². The van der Waals surface area contributed by atoms with Crippen LogP contribution in [0.1, 0.15) is 10.4 Å². The average Bonchev–Trinajstić information content (AvgIpc) is 2.53. The minimum atomic E-state index is -4.05. The van der Waals surface area contributed by atoms with Crippen LogP contribution in [0.4, 0.5) is 4.39 Å². The number of nitrogens with one attached hydrogen (secondary N) is 2. The lowest BCUT2D eigenvalue weighted by molar-refractivity contribution is 0.0941. The Balaban J connectivity index is 2.17. The van der Waals surface area contributed by atoms with Gasteiger partial charge in [0, 0.05) is 0 Å². The summed E-state index contributed by atoms with van der Waals surface area (Å²) in [5.74, 6) is -1.54. The molecule has 22 heavy (non-hydrogen) atoms. The van der Waals surface area contributed by atoms with Gasteiger partial charge < -0.3 is 4.74 Å². The lowest BCUT2D eigenvalue weighted by Gasteiger charge is -2.11. The zero-order valence-electron chi connectivity index (χ0n) is 11.5. The number of rotatable bonds is 5. The Kier molecular flexibility index (Phi) is 4.74. The summed E-state index contributed by atoms with van der Waals surface area (Å²) in [6.07, 6.45) is 0. The van der Waals surface area contributed by atoms with Crippen LogP contribution in [0.5, 0.6) is 5.75 Å². The summed E-state index contributed by atoms with van der Waals surface area (Å²) < 4.78 is 42.7. The molecule has 2 rings (SSSR count). The molecule has 0 saturated carbocycles. The fourth-order valence-corrected chi connectivity index (χ4v) is 2.73. The van der Waals surface area contributed by atoms with E-state index in [1.165, 1.54) is 43.5 Å². The third-order valence-electron chi connectivity index (χ3n) is 2.78. The van der Waals surface area contributed by atoms with E-state index in [2.05, 4.69) is 0 Å². The Labute approximate surface area is 126 Å². The molecule has 0 saturated heterocycles. The van der Waals surface area contributed by atoms with Gasteiger partial charge in [0.2, 0.25) is 0 Å². The zero-order chi connectivity index (χ0) is 16.2. The van der Waals surface area contributed by atoms with Gasteiger partial charge in [0.15, 0.2) is 0 Å². The minimum absolute atomic E-state index is 0.121. The molecule has 0 bridgehead atoms. The molecule has 0 atom stereocenters. The predicted molar refractivity (Wildman–Crippen MR) is 77.2 cm³/mol. The number of para-hydroxylation sites is 1. The van der Waals surface area contributed by atoms with Gasteiger partial charge in [-0.25, -0.2) is 12.8 Å². The van der Waals surface area contributed by atoms with Gasteiger partial charge in [-0.3, -0.25) is 10.2 Å². The number of sulfonamides is 1. The molecule has 2 aromatic carbocycles. The van der Waals surface area contributed by atoms with Crippen molar-refractivity contribution in [3.63, 3.8) is 0 Å². The lowest BCUT2D eigenvalue weighted by atomic mass is 10.2. The van der Waals surface area contributed by atoms with Gasteiger partial charge in [-0.15, -0.1) is 4.83 Å². The van der Waals surface area contributed by atoms with Crippen LogP contribution in [0.2, 0.25) is 0 Å². The third-order valence-corrected chi connectivity index (χ3v) is 4.06. The molecule has 1 amide bonds. The normalized spacial score (nSPS) is 11.0. The first-order chi connectivity index (χ1) is 10.5. The van der Waals surface area contributed by atoms with Gasteiger partial charge >= 0.3 is 0 Å². The standard InChI is InChI=1S/C14H13FN2O4S/c1-21-12-8-4-5-9-13(12)22(19,20)17-16-14(18)10-6-2-3-7-11(10)15/h2-9,17H,1H3,(H,16,18). The smallest absolute Gasteiger partial charge is 0.269 e. The number of methoxy groups -OCH3 is 1. The third kappa shape index (κ3) is 3.41. The maximum absolute atomic E-state index is 13.4. The molecule has 0 aliphatic rings. The average molecular weight is 324 g/mol. The van der Waals surface area contributed by atoms with E-state index in [1.54, 1.807) is 6.07 Å². The Morgan fingerprint density at radius 3 is 2.41 bits per heavy atom. The number of hydrazine groups is 1. The summed E-state index contributed by atoms with van der Waals surface area (Å²) in [5.41, 5.74) is 1.68. The molecular formula is C14H13FN2O4S. The molecule has 6 nitrogen and oxygen atoms in total. The number of amides is 1. The minimum Gasteiger partial charge on any atom is -0.495 e.